The smallest absolute Gasteiger partial charge is 0.305 e. The van der Waals surface area contributed by atoms with Crippen LogP contribution in [0, 0.1) is 29.6 Å². The fourth-order valence-electron chi connectivity index (χ4n) is 6.66. The van der Waals surface area contributed by atoms with Gasteiger partial charge in [-0.3, -0.25) is 14.4 Å². The van der Waals surface area contributed by atoms with Crippen LogP contribution >= 0.6 is 34.7 Å². The highest BCUT2D eigenvalue weighted by Crippen LogP contribution is 2.69. The van der Waals surface area contributed by atoms with Crippen LogP contribution in [0.2, 0.25) is 5.02 Å². The first-order chi connectivity index (χ1) is 15.3. The van der Waals surface area contributed by atoms with Crippen molar-refractivity contribution in [2.45, 2.75) is 42.4 Å². The number of rotatable bonds is 3. The Morgan fingerprint density at radius 1 is 1.19 bits per heavy atom. The van der Waals surface area contributed by atoms with E-state index in [1.54, 1.807) is 42.2 Å². The Bertz CT molecular complexity index is 1220. The molecule has 1 saturated heterocycles. The van der Waals surface area contributed by atoms with Crippen molar-refractivity contribution >= 4 is 52.7 Å². The summed E-state index contributed by atoms with van der Waals surface area (Å²) in [7, 11) is 0. The van der Waals surface area contributed by atoms with Crippen molar-refractivity contribution in [1.82, 2.24) is 9.99 Å². The molecule has 2 amide bonds. The summed E-state index contributed by atoms with van der Waals surface area (Å²) in [5.74, 6) is -0.414. The summed E-state index contributed by atoms with van der Waals surface area (Å²) in [6.07, 6.45) is 3.35. The van der Waals surface area contributed by atoms with Gasteiger partial charge in [0.15, 0.2) is 0 Å². The summed E-state index contributed by atoms with van der Waals surface area (Å²) in [5, 5.41) is 7.22. The maximum atomic E-state index is 13.4. The quantitative estimate of drug-likeness (QED) is 0.521. The zero-order valence-electron chi connectivity index (χ0n) is 17.6. The summed E-state index contributed by atoms with van der Waals surface area (Å²) in [5.41, 5.74) is 0.620. The minimum absolute atomic E-state index is 0.0236. The SMILES string of the molecule is CCC1(C)c2sc(=O)[nH]c2SC2C1[C@@H]1C[C@@H]2C2C(=O)N(/N=C/c3ccc(Cl)cc3)C(=O)C21. The van der Waals surface area contributed by atoms with Gasteiger partial charge in [0.05, 0.1) is 23.1 Å². The highest BCUT2D eigenvalue weighted by molar-refractivity contribution is 8.00. The van der Waals surface area contributed by atoms with Gasteiger partial charge in [-0.25, -0.2) is 0 Å². The van der Waals surface area contributed by atoms with E-state index in [2.05, 4.69) is 23.9 Å². The van der Waals surface area contributed by atoms with Gasteiger partial charge in [0.2, 0.25) is 0 Å². The van der Waals surface area contributed by atoms with Gasteiger partial charge in [-0.2, -0.15) is 10.1 Å². The molecule has 1 N–H and O–H groups in total. The van der Waals surface area contributed by atoms with E-state index in [0.717, 1.165) is 33.3 Å². The fourth-order valence-corrected chi connectivity index (χ4v) is 9.99. The number of benzene rings is 1. The highest BCUT2D eigenvalue weighted by atomic mass is 35.5. The van der Waals surface area contributed by atoms with Crippen molar-refractivity contribution in [2.75, 3.05) is 0 Å². The molecule has 2 aromatic rings. The Morgan fingerprint density at radius 3 is 2.56 bits per heavy atom. The maximum absolute atomic E-state index is 13.4. The Morgan fingerprint density at radius 2 is 1.88 bits per heavy atom. The molecule has 32 heavy (non-hydrogen) atoms. The summed E-state index contributed by atoms with van der Waals surface area (Å²) in [6.45, 7) is 4.40. The number of hydrogen-bond donors (Lipinski definition) is 1. The van der Waals surface area contributed by atoms with Crippen LogP contribution in [0.1, 0.15) is 37.1 Å². The summed E-state index contributed by atoms with van der Waals surface area (Å²) in [6, 6.07) is 7.11. The molecule has 5 unspecified atom stereocenters. The monoisotopic (exact) mass is 487 g/mol. The number of thiazole rings is 1. The molecule has 7 atom stereocenters. The average molecular weight is 488 g/mol. The number of aromatic amines is 1. The molecular formula is C23H22ClN3O3S2. The van der Waals surface area contributed by atoms with Crippen LogP contribution in [0.25, 0.3) is 0 Å². The molecule has 166 valence electrons. The molecule has 6 rings (SSSR count). The molecule has 0 radical (unpaired) electrons. The minimum Gasteiger partial charge on any atom is -0.307 e. The van der Waals surface area contributed by atoms with Gasteiger partial charge in [0.1, 0.15) is 0 Å². The molecule has 9 heteroatoms. The van der Waals surface area contributed by atoms with Crippen molar-refractivity contribution in [3.63, 3.8) is 0 Å². The van der Waals surface area contributed by atoms with Crippen molar-refractivity contribution in [1.29, 1.82) is 0 Å². The lowest BCUT2D eigenvalue weighted by atomic mass is 9.62. The lowest BCUT2D eigenvalue weighted by molar-refractivity contribution is -0.140. The van der Waals surface area contributed by atoms with Crippen LogP contribution in [0.15, 0.2) is 39.2 Å². The van der Waals surface area contributed by atoms with Crippen molar-refractivity contribution in [3.8, 4) is 0 Å². The number of hydrogen-bond acceptors (Lipinski definition) is 6. The molecule has 0 spiro atoms. The minimum atomic E-state index is -0.309. The number of nitrogens with zero attached hydrogens (tertiary/aromatic N) is 2. The van der Waals surface area contributed by atoms with E-state index < -0.39 is 0 Å². The number of H-pyrrole nitrogens is 1. The molecule has 6 nitrogen and oxygen atoms in total. The molecule has 2 saturated carbocycles. The van der Waals surface area contributed by atoms with Crippen LogP contribution in [0.5, 0.6) is 0 Å². The van der Waals surface area contributed by atoms with Gasteiger partial charge >= 0.3 is 4.87 Å². The third-order valence-electron chi connectivity index (χ3n) is 8.13. The van der Waals surface area contributed by atoms with Crippen LogP contribution in [-0.4, -0.2) is 33.3 Å². The number of amides is 2. The van der Waals surface area contributed by atoms with Crippen molar-refractivity contribution in [3.05, 3.63) is 49.4 Å². The van der Waals surface area contributed by atoms with Gasteiger partial charge < -0.3 is 4.98 Å². The Kier molecular flexibility index (Phi) is 4.56. The standard InChI is InChI=1S/C23H22ClN3O3S2/c1-3-23(2)16-12-8-13(17(16)31-19-18(23)32-22(30)26-19)15-14(12)20(28)27(21(15)29)25-9-10-4-6-11(24)7-5-10/h4-7,9,12-17H,3,8H2,1-2H3,(H,26,30)/b25-9+/t12-,13-,14?,15?,16?,17?,23?/m1/s1. The van der Waals surface area contributed by atoms with Crippen LogP contribution in [0.4, 0.5) is 0 Å². The van der Waals surface area contributed by atoms with E-state index in [9.17, 15) is 14.4 Å². The molecule has 1 aromatic carbocycles. The van der Waals surface area contributed by atoms with Crippen molar-refractivity contribution in [2.24, 2.45) is 34.7 Å². The second-order valence-corrected chi connectivity index (χ2v) is 12.1. The molecule has 2 bridgehead atoms. The predicted molar refractivity (Wildman–Crippen MR) is 125 cm³/mol. The molecule has 3 fully saturated rings. The molecular weight excluding hydrogens is 466 g/mol. The molecule has 1 aromatic heterocycles. The average Bonchev–Trinajstić information content (AvgIpc) is 3.50. The maximum Gasteiger partial charge on any atom is 0.305 e. The largest absolute Gasteiger partial charge is 0.307 e. The van der Waals surface area contributed by atoms with Crippen LogP contribution in [-0.2, 0) is 15.0 Å². The number of hydrazone groups is 1. The van der Waals surface area contributed by atoms with Gasteiger partial charge in [-0.05, 0) is 48.3 Å². The summed E-state index contributed by atoms with van der Waals surface area (Å²) in [4.78, 5) is 43.0. The molecule has 4 aliphatic rings. The van der Waals surface area contributed by atoms with Gasteiger partial charge in [0, 0.05) is 20.6 Å². The first-order valence-electron chi connectivity index (χ1n) is 10.9. The van der Waals surface area contributed by atoms with Crippen LogP contribution < -0.4 is 4.87 Å². The first kappa shape index (κ1) is 20.7. The van der Waals surface area contributed by atoms with Gasteiger partial charge in [0.25, 0.3) is 11.8 Å². The lowest BCUT2D eigenvalue weighted by Crippen LogP contribution is -2.49. The van der Waals surface area contributed by atoms with E-state index in [1.165, 1.54) is 11.3 Å². The highest BCUT2D eigenvalue weighted by Gasteiger charge is 2.71. The van der Waals surface area contributed by atoms with Gasteiger partial charge in [-0.15, -0.1) is 11.8 Å². The molecule has 2 aliphatic heterocycles. The summed E-state index contributed by atoms with van der Waals surface area (Å²) < 4.78 is 0. The zero-order chi connectivity index (χ0) is 22.4. The second-order valence-electron chi connectivity index (χ2n) is 9.45. The lowest BCUT2D eigenvalue weighted by Gasteiger charge is -2.48. The Hall–Kier alpha value is -1.90. The number of thioether (sulfide) groups is 1. The van der Waals surface area contributed by atoms with E-state index >= 15 is 0 Å². The Balaban J connectivity index is 1.34. The van der Waals surface area contributed by atoms with Crippen LogP contribution in [0.3, 0.4) is 0 Å². The Labute approximate surface area is 198 Å². The molecule has 2 aliphatic carbocycles. The fraction of sp³-hybridized carbons (Fsp3) is 0.478. The number of aromatic nitrogens is 1. The first-order valence-corrected chi connectivity index (χ1v) is 13.0. The van der Waals surface area contributed by atoms with E-state index in [-0.39, 0.29) is 56.9 Å². The summed E-state index contributed by atoms with van der Waals surface area (Å²) >= 11 is 8.95. The second kappa shape index (κ2) is 7.05. The van der Waals surface area contributed by atoms with Gasteiger partial charge in [-0.1, -0.05) is 48.9 Å². The predicted octanol–water partition coefficient (Wildman–Crippen LogP) is 4.13. The van der Waals surface area contributed by atoms with Crippen molar-refractivity contribution < 1.29 is 9.59 Å². The third kappa shape index (κ3) is 2.66. The van der Waals surface area contributed by atoms with E-state index in [0.29, 0.717) is 5.02 Å². The normalized spacial score (nSPS) is 37.3. The topological polar surface area (TPSA) is 82.6 Å². The number of imide groups is 1. The van der Waals surface area contributed by atoms with E-state index in [4.69, 9.17) is 11.6 Å². The zero-order valence-corrected chi connectivity index (χ0v) is 20.0. The number of carbonyl (C=O) groups excluding carboxylic acids is 2. The number of carbonyl (C=O) groups is 2. The number of halogens is 1. The van der Waals surface area contributed by atoms with E-state index in [1.807, 2.05) is 0 Å². The molecule has 3 heterocycles. The third-order valence-corrected chi connectivity index (χ3v) is 11.1. The number of nitrogens with one attached hydrogen (secondary N) is 1. The number of fused-ring (bicyclic) bond motifs is 9.